The average Bonchev–Trinajstić information content (AvgIpc) is 3.80. The van der Waals surface area contributed by atoms with Crippen molar-refractivity contribution in [3.05, 3.63) is 117 Å². The Morgan fingerprint density at radius 2 is 1.56 bits per heavy atom. The number of rotatable bonds is 12. The highest BCUT2D eigenvalue weighted by atomic mass is 19.1. The fourth-order valence-electron chi connectivity index (χ4n) is 7.44. The summed E-state index contributed by atoms with van der Waals surface area (Å²) >= 11 is 0. The number of hydrogen-bond acceptors (Lipinski definition) is 11. The number of carbonyl (C=O) groups is 4. The van der Waals surface area contributed by atoms with Crippen LogP contribution < -0.4 is 15.6 Å². The molecule has 0 saturated carbocycles. The Morgan fingerprint density at radius 1 is 0.898 bits per heavy atom. The predicted molar refractivity (Wildman–Crippen MR) is 215 cm³/mol. The van der Waals surface area contributed by atoms with Crippen LogP contribution >= 0.6 is 0 Å². The number of anilines is 2. The summed E-state index contributed by atoms with van der Waals surface area (Å²) in [5.41, 5.74) is 1.90. The number of fused-ring (bicyclic) bond motifs is 2. The summed E-state index contributed by atoms with van der Waals surface area (Å²) in [6.07, 6.45) is 0.0296. The van der Waals surface area contributed by atoms with Gasteiger partial charge in [0, 0.05) is 62.5 Å². The van der Waals surface area contributed by atoms with Gasteiger partial charge >= 0.3 is 24.2 Å². The van der Waals surface area contributed by atoms with Gasteiger partial charge in [0.1, 0.15) is 36.5 Å². The molecule has 2 aromatic heterocycles. The van der Waals surface area contributed by atoms with Crippen LogP contribution in [0.2, 0.25) is 0 Å². The molecular weight excluding hydrogens is 764 g/mol. The minimum Gasteiger partial charge on any atom is -0.477 e. The first-order valence-electron chi connectivity index (χ1n) is 19.4. The molecule has 16 nitrogen and oxygen atoms in total. The minimum atomic E-state index is -1.37. The largest absolute Gasteiger partial charge is 0.477 e. The number of benzene rings is 3. The maximum atomic E-state index is 15.3. The van der Waals surface area contributed by atoms with Gasteiger partial charge in [-0.15, -0.1) is 10.2 Å². The first-order valence-corrected chi connectivity index (χ1v) is 19.4. The SMILES string of the molecule is CCn1cc(C(=O)O)c(=O)c2cc(F)c(N3CCN(C(=O)OCc4ccc(NC[C@@H](C)c5nnc6n5C(=O)N(C(=O)OCc5ccccc5)[C@H]6C(C)C)cc4)CC3)cc21. The molecule has 17 heteroatoms. The number of carboxylic acids is 1. The quantitative estimate of drug-likeness (QED) is 0.141. The van der Waals surface area contributed by atoms with Crippen LogP contribution in [0.4, 0.5) is 30.1 Å². The van der Waals surface area contributed by atoms with Gasteiger partial charge in [-0.1, -0.05) is 63.2 Å². The van der Waals surface area contributed by atoms with Crippen LogP contribution in [0.1, 0.15) is 72.8 Å². The second-order valence-corrected chi connectivity index (χ2v) is 14.9. The molecule has 308 valence electrons. The topological polar surface area (TPSA) is 181 Å². The van der Waals surface area contributed by atoms with Gasteiger partial charge in [0.2, 0.25) is 5.43 Å². The summed E-state index contributed by atoms with van der Waals surface area (Å²) in [5.74, 6) is -1.60. The Morgan fingerprint density at radius 3 is 2.20 bits per heavy atom. The molecule has 5 aromatic rings. The molecule has 1 fully saturated rings. The van der Waals surface area contributed by atoms with Crippen molar-refractivity contribution in [3.63, 3.8) is 0 Å². The number of nitrogens with zero attached hydrogens (tertiary/aromatic N) is 7. The average molecular weight is 809 g/mol. The molecule has 0 bridgehead atoms. The molecule has 0 radical (unpaired) electrons. The van der Waals surface area contributed by atoms with E-state index in [-0.39, 0.29) is 49.2 Å². The Balaban J connectivity index is 0.904. The highest BCUT2D eigenvalue weighted by Crippen LogP contribution is 2.36. The van der Waals surface area contributed by atoms with E-state index in [0.717, 1.165) is 27.8 Å². The van der Waals surface area contributed by atoms with Gasteiger partial charge in [0.05, 0.1) is 11.2 Å². The van der Waals surface area contributed by atoms with Gasteiger partial charge in [-0.3, -0.25) is 4.79 Å². The number of carbonyl (C=O) groups excluding carboxylic acids is 3. The van der Waals surface area contributed by atoms with Crippen molar-refractivity contribution in [3.8, 4) is 0 Å². The number of halogens is 1. The van der Waals surface area contributed by atoms with E-state index >= 15 is 4.39 Å². The molecule has 1 saturated heterocycles. The second kappa shape index (κ2) is 17.0. The van der Waals surface area contributed by atoms with Crippen molar-refractivity contribution in [1.29, 1.82) is 0 Å². The monoisotopic (exact) mass is 808 g/mol. The molecule has 4 heterocycles. The van der Waals surface area contributed by atoms with Crippen molar-refractivity contribution in [2.45, 2.75) is 59.4 Å². The van der Waals surface area contributed by atoms with E-state index in [1.165, 1.54) is 10.8 Å². The van der Waals surface area contributed by atoms with Crippen molar-refractivity contribution in [1.82, 2.24) is 29.1 Å². The lowest BCUT2D eigenvalue weighted by Gasteiger charge is -2.35. The Bertz CT molecular complexity index is 2440. The van der Waals surface area contributed by atoms with Gasteiger partial charge in [0.15, 0.2) is 5.82 Å². The zero-order valence-electron chi connectivity index (χ0n) is 33.1. The van der Waals surface area contributed by atoms with Gasteiger partial charge in [-0.2, -0.15) is 0 Å². The van der Waals surface area contributed by atoms with Gasteiger partial charge in [-0.05, 0) is 48.2 Å². The molecule has 59 heavy (non-hydrogen) atoms. The summed E-state index contributed by atoms with van der Waals surface area (Å²) in [7, 11) is 0. The molecule has 3 amide bonds. The normalized spacial score (nSPS) is 15.7. The maximum absolute atomic E-state index is 15.3. The number of aromatic carboxylic acids is 1. The lowest BCUT2D eigenvalue weighted by molar-refractivity contribution is 0.0694. The van der Waals surface area contributed by atoms with Crippen molar-refractivity contribution in [2.24, 2.45) is 5.92 Å². The number of ether oxygens (including phenoxy) is 2. The lowest BCUT2D eigenvalue weighted by Crippen LogP contribution is -2.49. The molecular formula is C42H45FN8O8. The van der Waals surface area contributed by atoms with Gasteiger partial charge in [0.25, 0.3) is 0 Å². The number of nitrogens with one attached hydrogen (secondary N) is 1. The molecule has 2 aliphatic rings. The fraction of sp³-hybridized carbons (Fsp3) is 0.357. The van der Waals surface area contributed by atoms with Crippen molar-refractivity contribution >= 4 is 46.5 Å². The Kier molecular flexibility index (Phi) is 11.6. The fourth-order valence-corrected chi connectivity index (χ4v) is 7.44. The van der Waals surface area contributed by atoms with Crippen LogP contribution in [-0.4, -0.2) is 91.1 Å². The first kappa shape index (κ1) is 40.4. The Hall–Kier alpha value is -6.78. The number of aromatic nitrogens is 4. The third-order valence-electron chi connectivity index (χ3n) is 10.7. The first-order chi connectivity index (χ1) is 28.4. The van der Waals surface area contributed by atoms with E-state index in [2.05, 4.69) is 15.5 Å². The van der Waals surface area contributed by atoms with Crippen LogP contribution in [0.5, 0.6) is 0 Å². The number of amides is 3. The number of carboxylic acid groups (broad SMARTS) is 1. The smallest absolute Gasteiger partial charge is 0.419 e. The van der Waals surface area contributed by atoms with E-state index in [9.17, 15) is 29.1 Å². The van der Waals surface area contributed by atoms with E-state index in [0.29, 0.717) is 43.3 Å². The molecule has 0 spiro atoms. The van der Waals surface area contributed by atoms with Gasteiger partial charge in [-0.25, -0.2) is 33.0 Å². The number of piperazine rings is 1. The van der Waals surface area contributed by atoms with Crippen molar-refractivity contribution < 1.29 is 38.1 Å². The highest BCUT2D eigenvalue weighted by molar-refractivity contribution is 5.96. The molecule has 0 unspecified atom stereocenters. The molecule has 2 N–H and O–H groups in total. The third-order valence-corrected chi connectivity index (χ3v) is 10.7. The third kappa shape index (κ3) is 8.17. The number of hydrogen-bond donors (Lipinski definition) is 2. The van der Waals surface area contributed by atoms with Crippen LogP contribution in [0.3, 0.4) is 0 Å². The van der Waals surface area contributed by atoms with E-state index in [1.807, 2.05) is 75.4 Å². The highest BCUT2D eigenvalue weighted by Gasteiger charge is 2.47. The second-order valence-electron chi connectivity index (χ2n) is 14.9. The van der Waals surface area contributed by atoms with Crippen LogP contribution in [0.15, 0.2) is 77.7 Å². The van der Waals surface area contributed by atoms with Gasteiger partial charge < -0.3 is 34.3 Å². The zero-order chi connectivity index (χ0) is 42.0. The van der Waals surface area contributed by atoms with Crippen molar-refractivity contribution in [2.75, 3.05) is 42.9 Å². The Labute approximate surface area is 338 Å². The number of aryl methyl sites for hydroxylation is 1. The molecule has 0 aliphatic carbocycles. The molecule has 3 aromatic carbocycles. The lowest BCUT2D eigenvalue weighted by atomic mass is 10.0. The maximum Gasteiger partial charge on any atom is 0.419 e. The van der Waals surface area contributed by atoms with E-state index in [4.69, 9.17) is 9.47 Å². The standard InChI is InChI=1S/C42H45FN8O8/c1-5-47-22-31(39(53)54)36(52)30-19-32(43)34(20-33(30)47)48-15-17-49(18-16-48)41(56)58-24-28-11-13-29(14-12-28)44-21-26(4)37-45-46-38-35(25(2)3)50(40(55)51(37)38)42(57)59-23-27-9-7-6-8-10-27/h6-14,19-20,22,25-26,35,44H,5,15-18,21,23-24H2,1-4H3,(H,53,54)/t26-,35+/m1/s1. The zero-order valence-corrected chi connectivity index (χ0v) is 33.1. The van der Waals surface area contributed by atoms with Crippen LogP contribution in [0, 0.1) is 11.7 Å². The summed E-state index contributed by atoms with van der Waals surface area (Å²) in [4.78, 5) is 68.6. The number of imide groups is 1. The molecule has 2 atom stereocenters. The van der Waals surface area contributed by atoms with Crippen LogP contribution in [0.25, 0.3) is 10.9 Å². The summed E-state index contributed by atoms with van der Waals surface area (Å²) in [6.45, 7) is 9.60. The van der Waals surface area contributed by atoms with Crippen LogP contribution in [-0.2, 0) is 29.2 Å². The minimum absolute atomic E-state index is 0.00534. The predicted octanol–water partition coefficient (Wildman–Crippen LogP) is 6.44. The number of pyridine rings is 1. The summed E-state index contributed by atoms with van der Waals surface area (Å²) < 4.78 is 29.4. The molecule has 2 aliphatic heterocycles. The molecule has 7 rings (SSSR count). The van der Waals surface area contributed by atoms with E-state index < -0.39 is 47.0 Å². The summed E-state index contributed by atoms with van der Waals surface area (Å²) in [5, 5.41) is 21.4. The summed E-state index contributed by atoms with van der Waals surface area (Å²) in [6, 6.07) is 18.1. The van der Waals surface area contributed by atoms with E-state index in [1.54, 1.807) is 27.4 Å².